The maximum absolute atomic E-state index is 11.6. The lowest BCUT2D eigenvalue weighted by molar-refractivity contribution is -0.148. The lowest BCUT2D eigenvalue weighted by Crippen LogP contribution is -2.27. The Morgan fingerprint density at radius 2 is 2.12 bits per heavy atom. The van der Waals surface area contributed by atoms with Crippen LogP contribution in [0.2, 0.25) is 0 Å². The Morgan fingerprint density at radius 3 is 2.62 bits per heavy atom. The highest BCUT2D eigenvalue weighted by molar-refractivity contribution is 5.76. The molecule has 1 rings (SSSR count). The normalized spacial score (nSPS) is 24.6. The summed E-state index contributed by atoms with van der Waals surface area (Å²) >= 11 is 0. The lowest BCUT2D eigenvalue weighted by atomic mass is 9.87. The molecule has 0 N–H and O–H groups in total. The molecule has 0 heterocycles. The van der Waals surface area contributed by atoms with Gasteiger partial charge in [0, 0.05) is 6.92 Å². The highest BCUT2D eigenvalue weighted by Gasteiger charge is 2.28. The van der Waals surface area contributed by atoms with Gasteiger partial charge in [-0.1, -0.05) is 5.57 Å². The third-order valence-electron chi connectivity index (χ3n) is 2.63. The molecule has 0 fully saturated rings. The number of rotatable bonds is 3. The smallest absolute Gasteiger partial charge is 0.313 e. The van der Waals surface area contributed by atoms with E-state index in [4.69, 9.17) is 9.47 Å². The molecule has 2 unspecified atom stereocenters. The molecule has 0 aliphatic heterocycles. The van der Waals surface area contributed by atoms with E-state index >= 15 is 0 Å². The molecule has 0 radical (unpaired) electrons. The third kappa shape index (κ3) is 3.36. The maximum Gasteiger partial charge on any atom is 0.313 e. The van der Waals surface area contributed by atoms with E-state index in [1.165, 1.54) is 6.92 Å². The van der Waals surface area contributed by atoms with Crippen molar-refractivity contribution in [3.63, 3.8) is 0 Å². The Hall–Kier alpha value is -1.32. The van der Waals surface area contributed by atoms with E-state index in [1.807, 2.05) is 13.0 Å². The first-order chi connectivity index (χ1) is 7.54. The molecular formula is C12H18O4. The van der Waals surface area contributed by atoms with Gasteiger partial charge < -0.3 is 9.47 Å². The summed E-state index contributed by atoms with van der Waals surface area (Å²) in [4.78, 5) is 22.4. The summed E-state index contributed by atoms with van der Waals surface area (Å²) in [6.45, 7) is 5.45. The zero-order valence-corrected chi connectivity index (χ0v) is 9.99. The number of ether oxygens (including phenoxy) is 2. The predicted molar refractivity (Wildman–Crippen MR) is 58.7 cm³/mol. The Kier molecular flexibility index (Phi) is 4.52. The van der Waals surface area contributed by atoms with Crippen molar-refractivity contribution in [1.29, 1.82) is 0 Å². The van der Waals surface area contributed by atoms with Crippen LogP contribution in [-0.4, -0.2) is 24.6 Å². The quantitative estimate of drug-likeness (QED) is 0.544. The summed E-state index contributed by atoms with van der Waals surface area (Å²) in [7, 11) is 0. The van der Waals surface area contributed by atoms with Gasteiger partial charge in [-0.05, 0) is 32.8 Å². The van der Waals surface area contributed by atoms with Gasteiger partial charge in [0.25, 0.3) is 0 Å². The average Bonchev–Trinajstić information content (AvgIpc) is 2.16. The summed E-state index contributed by atoms with van der Waals surface area (Å²) in [6, 6.07) is 0. The van der Waals surface area contributed by atoms with Crippen LogP contribution in [0.25, 0.3) is 0 Å². The van der Waals surface area contributed by atoms with Crippen LogP contribution in [0.1, 0.15) is 33.6 Å². The van der Waals surface area contributed by atoms with Crippen molar-refractivity contribution in [2.75, 3.05) is 6.61 Å². The van der Waals surface area contributed by atoms with Crippen molar-refractivity contribution in [3.8, 4) is 0 Å². The average molecular weight is 226 g/mol. The summed E-state index contributed by atoms with van der Waals surface area (Å²) < 4.78 is 10.1. The molecule has 0 aromatic rings. The van der Waals surface area contributed by atoms with E-state index in [-0.39, 0.29) is 24.0 Å². The maximum atomic E-state index is 11.6. The second kappa shape index (κ2) is 5.68. The minimum atomic E-state index is -0.288. The summed E-state index contributed by atoms with van der Waals surface area (Å²) in [6.07, 6.45) is 3.01. The van der Waals surface area contributed by atoms with Crippen molar-refractivity contribution in [1.82, 2.24) is 0 Å². The van der Waals surface area contributed by atoms with E-state index in [0.717, 1.165) is 5.57 Å². The van der Waals surface area contributed by atoms with Gasteiger partial charge in [0.05, 0.1) is 12.5 Å². The molecule has 0 saturated heterocycles. The van der Waals surface area contributed by atoms with Crippen molar-refractivity contribution in [2.45, 2.75) is 39.7 Å². The first kappa shape index (κ1) is 12.7. The molecule has 1 aliphatic rings. The molecule has 1 aliphatic carbocycles. The Labute approximate surface area is 95.6 Å². The zero-order valence-electron chi connectivity index (χ0n) is 9.99. The standard InChI is InChI=1S/C12H18O4/c1-4-15-12(14)11-6-5-10(7-8(11)2)16-9(3)13/h7,10-11H,4-6H2,1-3H3. The van der Waals surface area contributed by atoms with Crippen LogP contribution in [0.5, 0.6) is 0 Å². The predicted octanol–water partition coefficient (Wildman–Crippen LogP) is 1.84. The topological polar surface area (TPSA) is 52.6 Å². The second-order valence-electron chi connectivity index (χ2n) is 3.94. The Bertz CT molecular complexity index is 306. The van der Waals surface area contributed by atoms with Gasteiger partial charge in [-0.25, -0.2) is 0 Å². The van der Waals surface area contributed by atoms with Gasteiger partial charge in [0.1, 0.15) is 6.10 Å². The van der Waals surface area contributed by atoms with Crippen LogP contribution >= 0.6 is 0 Å². The van der Waals surface area contributed by atoms with Gasteiger partial charge in [-0.3, -0.25) is 9.59 Å². The van der Waals surface area contributed by atoms with E-state index in [1.54, 1.807) is 6.92 Å². The number of hydrogen-bond donors (Lipinski definition) is 0. The summed E-state index contributed by atoms with van der Waals surface area (Å²) in [5.41, 5.74) is 0.927. The molecular weight excluding hydrogens is 208 g/mol. The SMILES string of the molecule is CCOC(=O)C1CCC(OC(C)=O)C=C1C. The van der Waals surface area contributed by atoms with E-state index < -0.39 is 0 Å². The second-order valence-corrected chi connectivity index (χ2v) is 3.94. The highest BCUT2D eigenvalue weighted by Crippen LogP contribution is 2.27. The number of esters is 2. The van der Waals surface area contributed by atoms with Gasteiger partial charge in [-0.15, -0.1) is 0 Å². The van der Waals surface area contributed by atoms with Crippen molar-refractivity contribution >= 4 is 11.9 Å². The summed E-state index contributed by atoms with van der Waals surface area (Å²) in [5.74, 6) is -0.645. The summed E-state index contributed by atoms with van der Waals surface area (Å²) in [5, 5.41) is 0. The van der Waals surface area contributed by atoms with Crippen LogP contribution in [0.15, 0.2) is 11.6 Å². The minimum absolute atomic E-state index is 0.174. The first-order valence-corrected chi connectivity index (χ1v) is 5.56. The Morgan fingerprint density at radius 1 is 1.44 bits per heavy atom. The van der Waals surface area contributed by atoms with Crippen LogP contribution in [0.3, 0.4) is 0 Å². The van der Waals surface area contributed by atoms with Gasteiger partial charge >= 0.3 is 11.9 Å². The molecule has 4 heteroatoms. The fraction of sp³-hybridized carbons (Fsp3) is 0.667. The monoisotopic (exact) mass is 226 g/mol. The minimum Gasteiger partial charge on any atom is -0.466 e. The zero-order chi connectivity index (χ0) is 12.1. The number of carbonyl (C=O) groups excluding carboxylic acids is 2. The molecule has 4 nitrogen and oxygen atoms in total. The largest absolute Gasteiger partial charge is 0.466 e. The van der Waals surface area contributed by atoms with Crippen LogP contribution in [0.4, 0.5) is 0 Å². The lowest BCUT2D eigenvalue weighted by Gasteiger charge is -2.25. The Balaban J connectivity index is 2.61. The van der Waals surface area contributed by atoms with E-state index in [2.05, 4.69) is 0 Å². The molecule has 90 valence electrons. The molecule has 16 heavy (non-hydrogen) atoms. The van der Waals surface area contributed by atoms with Gasteiger partial charge in [0.2, 0.25) is 0 Å². The number of carbonyl (C=O) groups is 2. The van der Waals surface area contributed by atoms with E-state index in [9.17, 15) is 9.59 Å². The van der Waals surface area contributed by atoms with Crippen LogP contribution in [-0.2, 0) is 19.1 Å². The molecule has 0 aromatic heterocycles. The fourth-order valence-corrected chi connectivity index (χ4v) is 1.90. The van der Waals surface area contributed by atoms with Crippen LogP contribution in [0, 0.1) is 5.92 Å². The molecule has 0 spiro atoms. The molecule has 2 atom stereocenters. The molecule has 0 amide bonds. The van der Waals surface area contributed by atoms with Gasteiger partial charge in [-0.2, -0.15) is 0 Å². The van der Waals surface area contributed by atoms with E-state index in [0.29, 0.717) is 19.4 Å². The number of hydrogen-bond acceptors (Lipinski definition) is 4. The first-order valence-electron chi connectivity index (χ1n) is 5.56. The third-order valence-corrected chi connectivity index (χ3v) is 2.63. The highest BCUT2D eigenvalue weighted by atomic mass is 16.5. The molecule has 0 aromatic carbocycles. The van der Waals surface area contributed by atoms with Crippen molar-refractivity contribution < 1.29 is 19.1 Å². The fourth-order valence-electron chi connectivity index (χ4n) is 1.90. The van der Waals surface area contributed by atoms with Crippen molar-refractivity contribution in [2.24, 2.45) is 5.92 Å². The molecule has 0 bridgehead atoms. The van der Waals surface area contributed by atoms with Gasteiger partial charge in [0.15, 0.2) is 0 Å². The van der Waals surface area contributed by atoms with Crippen molar-refractivity contribution in [3.05, 3.63) is 11.6 Å². The van der Waals surface area contributed by atoms with Crippen LogP contribution < -0.4 is 0 Å². The molecule has 0 saturated carbocycles.